The molecule has 7 heteroatoms. The number of ether oxygens (including phenoxy) is 1. The summed E-state index contributed by atoms with van der Waals surface area (Å²) in [6.07, 6.45) is 3.45. The summed E-state index contributed by atoms with van der Waals surface area (Å²) >= 11 is 1.49. The predicted octanol–water partition coefficient (Wildman–Crippen LogP) is 2.92. The number of nitrogens with zero attached hydrogens (tertiary/aromatic N) is 2. The Balaban J connectivity index is 1.70. The Morgan fingerprint density at radius 3 is 2.68 bits per heavy atom. The molecule has 2 aromatic heterocycles. The number of esters is 1. The Labute approximate surface area is 148 Å². The molecule has 0 spiro atoms. The van der Waals surface area contributed by atoms with Gasteiger partial charge >= 0.3 is 5.97 Å². The monoisotopic (exact) mass is 353 g/mol. The number of nitrogens with one attached hydrogen (secondary N) is 1. The van der Waals surface area contributed by atoms with Gasteiger partial charge in [0, 0.05) is 23.3 Å². The zero-order chi connectivity index (χ0) is 17.6. The van der Waals surface area contributed by atoms with Crippen LogP contribution >= 0.6 is 11.3 Å². The molecule has 3 aromatic rings. The SMILES string of the molecule is COC(=O)c1ccccc1C(=O)NCc1csc(-c2cccnc2)n1. The van der Waals surface area contributed by atoms with Gasteiger partial charge in [-0.3, -0.25) is 9.78 Å². The third-order valence-electron chi connectivity index (χ3n) is 3.47. The van der Waals surface area contributed by atoms with Crippen molar-refractivity contribution < 1.29 is 14.3 Å². The molecule has 1 amide bonds. The van der Waals surface area contributed by atoms with E-state index in [0.717, 1.165) is 16.3 Å². The van der Waals surface area contributed by atoms with Crippen LogP contribution in [0.5, 0.6) is 0 Å². The second-order valence-corrected chi connectivity index (χ2v) is 5.96. The van der Waals surface area contributed by atoms with Crippen LogP contribution in [0.15, 0.2) is 54.2 Å². The fraction of sp³-hybridized carbons (Fsp3) is 0.111. The van der Waals surface area contributed by atoms with Gasteiger partial charge in [0.25, 0.3) is 5.91 Å². The van der Waals surface area contributed by atoms with E-state index in [9.17, 15) is 9.59 Å². The van der Waals surface area contributed by atoms with E-state index >= 15 is 0 Å². The van der Waals surface area contributed by atoms with Gasteiger partial charge in [0.15, 0.2) is 0 Å². The van der Waals surface area contributed by atoms with Crippen LogP contribution in [-0.2, 0) is 11.3 Å². The summed E-state index contributed by atoms with van der Waals surface area (Å²) in [7, 11) is 1.28. The summed E-state index contributed by atoms with van der Waals surface area (Å²) in [6.45, 7) is 0.269. The molecule has 0 unspecified atom stereocenters. The number of pyridine rings is 1. The molecule has 0 fully saturated rings. The van der Waals surface area contributed by atoms with Crippen molar-refractivity contribution in [3.8, 4) is 10.6 Å². The lowest BCUT2D eigenvalue weighted by Gasteiger charge is -2.07. The third-order valence-corrected chi connectivity index (χ3v) is 4.41. The lowest BCUT2D eigenvalue weighted by Crippen LogP contribution is -2.25. The summed E-state index contributed by atoms with van der Waals surface area (Å²) < 4.78 is 4.71. The van der Waals surface area contributed by atoms with E-state index in [1.165, 1.54) is 18.4 Å². The predicted molar refractivity (Wildman–Crippen MR) is 94.3 cm³/mol. The van der Waals surface area contributed by atoms with E-state index in [-0.39, 0.29) is 23.6 Å². The molecular formula is C18H15N3O3S. The number of aromatic nitrogens is 2. The third kappa shape index (κ3) is 3.89. The van der Waals surface area contributed by atoms with E-state index in [1.54, 1.807) is 36.7 Å². The second-order valence-electron chi connectivity index (χ2n) is 5.11. The molecule has 0 saturated carbocycles. The topological polar surface area (TPSA) is 81.2 Å². The first-order chi connectivity index (χ1) is 12.2. The second kappa shape index (κ2) is 7.67. The lowest BCUT2D eigenvalue weighted by molar-refractivity contribution is 0.0596. The van der Waals surface area contributed by atoms with Gasteiger partial charge in [0.05, 0.1) is 30.5 Å². The standard InChI is InChI=1S/C18H15N3O3S/c1-24-18(23)15-7-3-2-6-14(15)16(22)20-10-13-11-25-17(21-13)12-5-4-8-19-9-12/h2-9,11H,10H2,1H3,(H,20,22). The van der Waals surface area contributed by atoms with Crippen molar-refractivity contribution >= 4 is 23.2 Å². The van der Waals surface area contributed by atoms with Gasteiger partial charge < -0.3 is 10.1 Å². The largest absolute Gasteiger partial charge is 0.465 e. The molecule has 1 N–H and O–H groups in total. The van der Waals surface area contributed by atoms with Gasteiger partial charge in [0.2, 0.25) is 0 Å². The van der Waals surface area contributed by atoms with Crippen LogP contribution in [0, 0.1) is 0 Å². The first-order valence-electron chi connectivity index (χ1n) is 7.49. The summed E-state index contributed by atoms with van der Waals surface area (Å²) in [5.41, 5.74) is 2.18. The first-order valence-corrected chi connectivity index (χ1v) is 8.37. The van der Waals surface area contributed by atoms with E-state index in [1.807, 2.05) is 17.5 Å². The normalized spacial score (nSPS) is 10.3. The van der Waals surface area contributed by atoms with Crippen molar-refractivity contribution in [2.45, 2.75) is 6.54 Å². The van der Waals surface area contributed by atoms with Crippen molar-refractivity contribution in [2.75, 3.05) is 7.11 Å². The molecular weight excluding hydrogens is 338 g/mol. The molecule has 0 aliphatic carbocycles. The van der Waals surface area contributed by atoms with E-state index in [2.05, 4.69) is 15.3 Å². The van der Waals surface area contributed by atoms with Crippen molar-refractivity contribution in [2.24, 2.45) is 0 Å². The van der Waals surface area contributed by atoms with E-state index in [4.69, 9.17) is 4.74 Å². The average Bonchev–Trinajstić information content (AvgIpc) is 3.15. The van der Waals surface area contributed by atoms with Gasteiger partial charge in [-0.05, 0) is 24.3 Å². The zero-order valence-corrected chi connectivity index (χ0v) is 14.2. The Kier molecular flexibility index (Phi) is 5.15. The zero-order valence-electron chi connectivity index (χ0n) is 13.4. The van der Waals surface area contributed by atoms with Crippen molar-refractivity contribution in [1.82, 2.24) is 15.3 Å². The summed E-state index contributed by atoms with van der Waals surface area (Å²) in [6, 6.07) is 10.3. The van der Waals surface area contributed by atoms with Crippen LogP contribution in [0.25, 0.3) is 10.6 Å². The minimum Gasteiger partial charge on any atom is -0.465 e. The first kappa shape index (κ1) is 16.8. The van der Waals surface area contributed by atoms with Crippen LogP contribution in [-0.4, -0.2) is 29.0 Å². The molecule has 0 atom stereocenters. The van der Waals surface area contributed by atoms with Crippen molar-refractivity contribution in [1.29, 1.82) is 0 Å². The number of methoxy groups -OCH3 is 1. The van der Waals surface area contributed by atoms with E-state index < -0.39 is 5.97 Å². The quantitative estimate of drug-likeness (QED) is 0.713. The molecule has 0 saturated heterocycles. The number of hydrogen-bond acceptors (Lipinski definition) is 6. The number of carbonyl (C=O) groups excluding carboxylic acids is 2. The maximum Gasteiger partial charge on any atom is 0.338 e. The molecule has 1 aromatic carbocycles. The summed E-state index contributed by atoms with van der Waals surface area (Å²) in [4.78, 5) is 32.7. The fourth-order valence-electron chi connectivity index (χ4n) is 2.25. The highest BCUT2D eigenvalue weighted by Crippen LogP contribution is 2.22. The van der Waals surface area contributed by atoms with Crippen LogP contribution in [0.1, 0.15) is 26.4 Å². The number of thiazole rings is 1. The van der Waals surface area contributed by atoms with Gasteiger partial charge in [-0.15, -0.1) is 11.3 Å². The van der Waals surface area contributed by atoms with Crippen molar-refractivity contribution in [3.05, 3.63) is 71.0 Å². The number of hydrogen-bond donors (Lipinski definition) is 1. The highest BCUT2D eigenvalue weighted by molar-refractivity contribution is 7.13. The lowest BCUT2D eigenvalue weighted by atomic mass is 10.1. The molecule has 126 valence electrons. The Bertz CT molecular complexity index is 893. The van der Waals surface area contributed by atoms with Crippen LogP contribution in [0.2, 0.25) is 0 Å². The Morgan fingerprint density at radius 2 is 1.96 bits per heavy atom. The maximum atomic E-state index is 12.4. The minimum atomic E-state index is -0.543. The molecule has 25 heavy (non-hydrogen) atoms. The smallest absolute Gasteiger partial charge is 0.338 e. The highest BCUT2D eigenvalue weighted by atomic mass is 32.1. The van der Waals surface area contributed by atoms with Crippen molar-refractivity contribution in [3.63, 3.8) is 0 Å². The molecule has 2 heterocycles. The van der Waals surface area contributed by atoms with Crippen LogP contribution in [0.3, 0.4) is 0 Å². The molecule has 0 aliphatic rings. The van der Waals surface area contributed by atoms with Gasteiger partial charge in [-0.2, -0.15) is 0 Å². The molecule has 0 radical (unpaired) electrons. The van der Waals surface area contributed by atoms with E-state index in [0.29, 0.717) is 0 Å². The number of rotatable bonds is 5. The van der Waals surface area contributed by atoms with Crippen LogP contribution < -0.4 is 5.32 Å². The Hall–Kier alpha value is -3.06. The number of carbonyl (C=O) groups is 2. The number of benzene rings is 1. The molecule has 0 aliphatic heterocycles. The van der Waals surface area contributed by atoms with Crippen LogP contribution in [0.4, 0.5) is 0 Å². The summed E-state index contributed by atoms with van der Waals surface area (Å²) in [5, 5.41) is 5.51. The molecule has 3 rings (SSSR count). The minimum absolute atomic E-state index is 0.233. The number of amides is 1. The highest BCUT2D eigenvalue weighted by Gasteiger charge is 2.17. The fourth-order valence-corrected chi connectivity index (χ4v) is 3.06. The maximum absolute atomic E-state index is 12.4. The molecule has 0 bridgehead atoms. The summed E-state index contributed by atoms with van der Waals surface area (Å²) in [5.74, 6) is -0.893. The van der Waals surface area contributed by atoms with Gasteiger partial charge in [-0.25, -0.2) is 9.78 Å². The average molecular weight is 353 g/mol. The van der Waals surface area contributed by atoms with Gasteiger partial charge in [-0.1, -0.05) is 12.1 Å². The Morgan fingerprint density at radius 1 is 1.16 bits per heavy atom. The van der Waals surface area contributed by atoms with Gasteiger partial charge in [0.1, 0.15) is 5.01 Å². The molecule has 6 nitrogen and oxygen atoms in total.